The van der Waals surface area contributed by atoms with Crippen LogP contribution in [-0.2, 0) is 21.0 Å². The van der Waals surface area contributed by atoms with Gasteiger partial charge >= 0.3 is 6.18 Å². The first kappa shape index (κ1) is 24.3. The lowest BCUT2D eigenvalue weighted by molar-refractivity contribution is -0.138. The van der Waals surface area contributed by atoms with Crippen LogP contribution in [0.25, 0.3) is 0 Å². The molecule has 0 saturated heterocycles. The molecule has 0 amide bonds. The zero-order chi connectivity index (χ0) is 24.4. The smallest absolute Gasteiger partial charge is 0.399 e. The van der Waals surface area contributed by atoms with Gasteiger partial charge in [-0.25, -0.2) is 13.4 Å². The zero-order valence-electron chi connectivity index (χ0n) is 17.2. The molecule has 0 fully saturated rings. The molecule has 0 aliphatic rings. The minimum Gasteiger partial charge on any atom is -0.399 e. The summed E-state index contributed by atoms with van der Waals surface area (Å²) in [5.74, 6) is 0.159. The summed E-state index contributed by atoms with van der Waals surface area (Å²) < 4.78 is 68.0. The van der Waals surface area contributed by atoms with E-state index in [0.717, 1.165) is 12.1 Å². The summed E-state index contributed by atoms with van der Waals surface area (Å²) in [4.78, 5) is 12.3. The number of hydrogen-bond acceptors (Lipinski definition) is 7. The lowest BCUT2D eigenvalue weighted by atomic mass is 10.1. The van der Waals surface area contributed by atoms with Gasteiger partial charge in [-0.05, 0) is 42.8 Å². The number of anilines is 2. The Labute approximate surface area is 192 Å². The maximum atomic E-state index is 13.3. The van der Waals surface area contributed by atoms with E-state index in [-0.39, 0.29) is 33.5 Å². The highest BCUT2D eigenvalue weighted by atomic mass is 35.5. The molecule has 0 radical (unpaired) electrons. The molecule has 13 heteroatoms. The Hall–Kier alpha value is -3.38. The maximum Gasteiger partial charge on any atom is 0.416 e. The van der Waals surface area contributed by atoms with Crippen LogP contribution in [0.5, 0.6) is 0 Å². The molecule has 3 aromatic rings. The summed E-state index contributed by atoms with van der Waals surface area (Å²) >= 11 is 6.00. The third-order valence-electron chi connectivity index (χ3n) is 4.38. The summed E-state index contributed by atoms with van der Waals surface area (Å²) in [7, 11) is -3.20. The fourth-order valence-electron chi connectivity index (χ4n) is 2.90. The fourth-order valence-corrected chi connectivity index (χ4v) is 4.14. The second kappa shape index (κ2) is 9.24. The molecule has 0 saturated carbocycles. The molecule has 2 aromatic heterocycles. The van der Waals surface area contributed by atoms with E-state index >= 15 is 0 Å². The number of alkyl halides is 3. The molecule has 1 aromatic carbocycles. The predicted octanol–water partition coefficient (Wildman–Crippen LogP) is 4.24. The molecule has 0 spiro atoms. The number of aryl methyl sites for hydroxylation is 1. The van der Waals surface area contributed by atoms with E-state index in [9.17, 15) is 21.6 Å². The van der Waals surface area contributed by atoms with Crippen LogP contribution in [-0.4, -0.2) is 31.2 Å². The quantitative estimate of drug-likeness (QED) is 0.387. The molecule has 174 valence electrons. The van der Waals surface area contributed by atoms with Gasteiger partial charge in [0.2, 0.25) is 0 Å². The number of sulfonamides is 1. The van der Waals surface area contributed by atoms with Gasteiger partial charge in [-0.2, -0.15) is 13.2 Å². The summed E-state index contributed by atoms with van der Waals surface area (Å²) in [6.07, 6.45) is -2.07. The van der Waals surface area contributed by atoms with Gasteiger partial charge in [-0.1, -0.05) is 22.8 Å². The van der Waals surface area contributed by atoms with E-state index in [4.69, 9.17) is 22.2 Å². The van der Waals surface area contributed by atoms with Gasteiger partial charge in [-0.3, -0.25) is 9.71 Å². The lowest BCUT2D eigenvalue weighted by Crippen LogP contribution is -2.19. The molecular weight excluding hydrogens is 483 g/mol. The number of nitrogens with one attached hydrogen (secondary N) is 1. The van der Waals surface area contributed by atoms with Crippen molar-refractivity contribution in [2.75, 3.05) is 17.6 Å². The molecule has 33 heavy (non-hydrogen) atoms. The van der Waals surface area contributed by atoms with Gasteiger partial charge in [0.25, 0.3) is 10.0 Å². The van der Waals surface area contributed by atoms with Gasteiger partial charge in [0, 0.05) is 18.0 Å². The first-order chi connectivity index (χ1) is 15.4. The van der Waals surface area contributed by atoms with Gasteiger partial charge in [-0.15, -0.1) is 0 Å². The van der Waals surface area contributed by atoms with Crippen molar-refractivity contribution in [3.05, 3.63) is 76.2 Å². The molecule has 0 bridgehead atoms. The van der Waals surface area contributed by atoms with Gasteiger partial charge in [0.1, 0.15) is 24.3 Å². The normalized spacial score (nSPS) is 12.5. The number of pyridine rings is 2. The Morgan fingerprint density at radius 3 is 2.55 bits per heavy atom. The molecule has 8 nitrogen and oxygen atoms in total. The van der Waals surface area contributed by atoms with E-state index in [0.29, 0.717) is 11.6 Å². The highest BCUT2D eigenvalue weighted by molar-refractivity contribution is 7.92. The number of nitrogen functional groups attached to an aromatic ring is 1. The molecule has 0 aliphatic heterocycles. The Morgan fingerprint density at radius 2 is 1.91 bits per heavy atom. The van der Waals surface area contributed by atoms with Crippen LogP contribution in [0.2, 0.25) is 5.02 Å². The van der Waals surface area contributed by atoms with Crippen molar-refractivity contribution in [2.45, 2.75) is 18.0 Å². The Kier molecular flexibility index (Phi) is 6.79. The van der Waals surface area contributed by atoms with Crippen LogP contribution in [0.1, 0.15) is 22.4 Å². The minimum absolute atomic E-state index is 0.00131. The number of nitrogens with two attached hydrogens (primary N) is 1. The largest absolute Gasteiger partial charge is 0.416 e. The molecule has 2 heterocycles. The second-order valence-corrected chi connectivity index (χ2v) is 8.84. The third kappa shape index (κ3) is 5.52. The standard InChI is InChI=1S/C20H17ClF3N5O3S/c1-11-3-4-14(9-15(11)20(22,23)24)33(30,31)29-16-8-13(21)10-27-19(16)18(28-32-2)12-5-6-26-17(25)7-12/h3-10,29H,1-2H3,(H2,25,26). The summed E-state index contributed by atoms with van der Waals surface area (Å²) in [6, 6.07) is 6.95. The lowest BCUT2D eigenvalue weighted by Gasteiger charge is -2.16. The van der Waals surface area contributed by atoms with Crippen molar-refractivity contribution in [1.82, 2.24) is 9.97 Å². The summed E-state index contributed by atoms with van der Waals surface area (Å²) in [5, 5.41) is 3.97. The van der Waals surface area contributed by atoms with Crippen molar-refractivity contribution < 1.29 is 26.4 Å². The summed E-state index contributed by atoms with van der Waals surface area (Å²) in [5.41, 5.74) is 4.88. The monoisotopic (exact) mass is 499 g/mol. The van der Waals surface area contributed by atoms with Crippen molar-refractivity contribution in [2.24, 2.45) is 5.16 Å². The SMILES string of the molecule is CON=C(c1ccnc(N)c1)c1ncc(Cl)cc1NS(=O)(=O)c1ccc(C)c(C(F)(F)F)c1. The maximum absolute atomic E-state index is 13.3. The molecule has 0 aliphatic carbocycles. The highest BCUT2D eigenvalue weighted by Gasteiger charge is 2.34. The molecular formula is C20H17ClF3N5O3S. The highest BCUT2D eigenvalue weighted by Crippen LogP contribution is 2.34. The zero-order valence-corrected chi connectivity index (χ0v) is 18.8. The number of nitrogens with zero attached hydrogens (tertiary/aromatic N) is 3. The number of rotatable bonds is 6. The van der Waals surface area contributed by atoms with E-state index in [1.54, 1.807) is 6.07 Å². The van der Waals surface area contributed by atoms with Crippen LogP contribution >= 0.6 is 11.6 Å². The van der Waals surface area contributed by atoms with Crippen LogP contribution in [0.4, 0.5) is 24.7 Å². The Morgan fingerprint density at radius 1 is 1.18 bits per heavy atom. The van der Waals surface area contributed by atoms with Gasteiger partial charge in [0.05, 0.1) is 21.2 Å². The number of aromatic nitrogens is 2. The van der Waals surface area contributed by atoms with Crippen molar-refractivity contribution >= 4 is 38.8 Å². The van der Waals surface area contributed by atoms with Crippen molar-refractivity contribution in [1.29, 1.82) is 0 Å². The van der Waals surface area contributed by atoms with Crippen molar-refractivity contribution in [3.63, 3.8) is 0 Å². The fraction of sp³-hybridized carbons (Fsp3) is 0.150. The minimum atomic E-state index is -4.72. The average Bonchev–Trinajstić information content (AvgIpc) is 2.71. The number of benzene rings is 1. The first-order valence-electron chi connectivity index (χ1n) is 9.12. The number of oxime groups is 1. The van der Waals surface area contributed by atoms with E-state index in [1.165, 1.54) is 38.6 Å². The molecule has 3 N–H and O–H groups in total. The van der Waals surface area contributed by atoms with Crippen LogP contribution in [0, 0.1) is 6.92 Å². The second-order valence-electron chi connectivity index (χ2n) is 6.72. The first-order valence-corrected chi connectivity index (χ1v) is 11.0. The average molecular weight is 500 g/mol. The third-order valence-corrected chi connectivity index (χ3v) is 5.95. The molecule has 0 unspecified atom stereocenters. The topological polar surface area (TPSA) is 120 Å². The van der Waals surface area contributed by atoms with E-state index in [2.05, 4.69) is 19.8 Å². The van der Waals surface area contributed by atoms with Gasteiger partial charge < -0.3 is 10.6 Å². The van der Waals surface area contributed by atoms with Gasteiger partial charge in [0.15, 0.2) is 0 Å². The number of halogens is 4. The summed E-state index contributed by atoms with van der Waals surface area (Å²) in [6.45, 7) is 1.24. The van der Waals surface area contributed by atoms with Crippen LogP contribution in [0.3, 0.4) is 0 Å². The molecule has 3 rings (SSSR count). The predicted molar refractivity (Wildman–Crippen MR) is 118 cm³/mol. The van der Waals surface area contributed by atoms with Crippen LogP contribution in [0.15, 0.2) is 58.8 Å². The number of hydrogen-bond donors (Lipinski definition) is 2. The van der Waals surface area contributed by atoms with E-state index in [1.807, 2.05) is 0 Å². The van der Waals surface area contributed by atoms with Crippen LogP contribution < -0.4 is 10.5 Å². The Balaban J connectivity index is 2.12. The van der Waals surface area contributed by atoms with Crippen molar-refractivity contribution in [3.8, 4) is 0 Å². The molecule has 0 atom stereocenters. The Bertz CT molecular complexity index is 1330. The van der Waals surface area contributed by atoms with E-state index < -0.39 is 26.7 Å².